The second-order valence-corrected chi connectivity index (χ2v) is 6.15. The van der Waals surface area contributed by atoms with E-state index in [2.05, 4.69) is 5.32 Å². The van der Waals surface area contributed by atoms with Gasteiger partial charge in [0, 0.05) is 12.6 Å². The van der Waals surface area contributed by atoms with E-state index >= 15 is 0 Å². The highest BCUT2D eigenvalue weighted by atomic mass is 32.2. The molecule has 2 aromatic rings. The van der Waals surface area contributed by atoms with Crippen LogP contribution in [0.5, 0.6) is 0 Å². The third kappa shape index (κ3) is 3.38. The van der Waals surface area contributed by atoms with Crippen molar-refractivity contribution in [1.82, 2.24) is 0 Å². The first-order chi connectivity index (χ1) is 11.5. The molecule has 1 N–H and O–H groups in total. The first kappa shape index (κ1) is 16.0. The number of hydrogen-bond donors (Lipinski definition) is 1. The predicted molar refractivity (Wildman–Crippen MR) is 95.6 cm³/mol. The zero-order valence-electron chi connectivity index (χ0n) is 12.9. The number of rotatable bonds is 3. The molecule has 1 aliphatic rings. The van der Waals surface area contributed by atoms with Crippen molar-refractivity contribution in [2.75, 3.05) is 10.2 Å². The van der Waals surface area contributed by atoms with Crippen LogP contribution in [-0.2, 0) is 9.59 Å². The molecule has 120 valence electrons. The molecule has 0 unspecified atom stereocenters. The monoisotopic (exact) mass is 338 g/mol. The maximum absolute atomic E-state index is 12.5. The maximum atomic E-state index is 12.5. The molecule has 3 amide bonds. The first-order valence-electron chi connectivity index (χ1n) is 7.25. The van der Waals surface area contributed by atoms with Gasteiger partial charge in [0.15, 0.2) is 0 Å². The van der Waals surface area contributed by atoms with Crippen LogP contribution < -0.4 is 10.2 Å². The van der Waals surface area contributed by atoms with Gasteiger partial charge in [0.05, 0.1) is 10.6 Å². The van der Waals surface area contributed by atoms with Crippen molar-refractivity contribution in [1.29, 1.82) is 0 Å². The number of benzene rings is 2. The lowest BCUT2D eigenvalue weighted by atomic mass is 10.2. The molecule has 24 heavy (non-hydrogen) atoms. The van der Waals surface area contributed by atoms with E-state index in [0.29, 0.717) is 16.3 Å². The van der Waals surface area contributed by atoms with Gasteiger partial charge in [0.2, 0.25) is 5.91 Å². The highest BCUT2D eigenvalue weighted by molar-refractivity contribution is 8.19. The number of amides is 3. The Balaban J connectivity index is 1.82. The summed E-state index contributed by atoms with van der Waals surface area (Å²) in [6.07, 6.45) is 1.67. The summed E-state index contributed by atoms with van der Waals surface area (Å²) in [7, 11) is 0. The van der Waals surface area contributed by atoms with E-state index in [1.165, 1.54) is 11.8 Å². The molecular weight excluding hydrogens is 324 g/mol. The SMILES string of the molecule is CC(=O)Nc1ccc(/C=C2/SC(=O)N(c3ccccc3)C2=O)cc1. The summed E-state index contributed by atoms with van der Waals surface area (Å²) in [5, 5.41) is 2.36. The minimum atomic E-state index is -0.331. The predicted octanol–water partition coefficient (Wildman–Crippen LogP) is 3.89. The summed E-state index contributed by atoms with van der Waals surface area (Å²) in [6.45, 7) is 1.44. The van der Waals surface area contributed by atoms with E-state index in [0.717, 1.165) is 17.3 Å². The van der Waals surface area contributed by atoms with Gasteiger partial charge in [-0.1, -0.05) is 30.3 Å². The van der Waals surface area contributed by atoms with E-state index in [1.54, 1.807) is 54.6 Å². The summed E-state index contributed by atoms with van der Waals surface area (Å²) < 4.78 is 0. The van der Waals surface area contributed by atoms with Gasteiger partial charge in [0.25, 0.3) is 11.1 Å². The molecule has 0 spiro atoms. The molecule has 5 nitrogen and oxygen atoms in total. The quantitative estimate of drug-likeness (QED) is 0.862. The number of carbonyl (C=O) groups excluding carboxylic acids is 3. The topological polar surface area (TPSA) is 66.5 Å². The molecule has 0 aromatic heterocycles. The van der Waals surface area contributed by atoms with Crippen molar-refractivity contribution in [3.63, 3.8) is 0 Å². The summed E-state index contributed by atoms with van der Waals surface area (Å²) >= 11 is 0.915. The van der Waals surface area contributed by atoms with Gasteiger partial charge >= 0.3 is 0 Å². The molecule has 0 atom stereocenters. The van der Waals surface area contributed by atoms with E-state index in [4.69, 9.17) is 0 Å². The number of nitrogens with zero attached hydrogens (tertiary/aromatic N) is 1. The minimum Gasteiger partial charge on any atom is -0.326 e. The van der Waals surface area contributed by atoms with Crippen LogP contribution in [0.25, 0.3) is 6.08 Å². The molecule has 6 heteroatoms. The average Bonchev–Trinajstić information content (AvgIpc) is 2.83. The van der Waals surface area contributed by atoms with Crippen molar-refractivity contribution < 1.29 is 14.4 Å². The van der Waals surface area contributed by atoms with Crippen LogP contribution in [-0.4, -0.2) is 17.1 Å². The van der Waals surface area contributed by atoms with Crippen LogP contribution in [0.1, 0.15) is 12.5 Å². The van der Waals surface area contributed by atoms with Crippen molar-refractivity contribution in [2.45, 2.75) is 6.92 Å². The second kappa shape index (κ2) is 6.72. The fraction of sp³-hybridized carbons (Fsp3) is 0.0556. The van der Waals surface area contributed by atoms with Crippen molar-refractivity contribution in [3.05, 3.63) is 65.1 Å². The second-order valence-electron chi connectivity index (χ2n) is 5.16. The fourth-order valence-corrected chi connectivity index (χ4v) is 3.13. The Morgan fingerprint density at radius 1 is 1.04 bits per heavy atom. The molecule has 1 fully saturated rings. The van der Waals surface area contributed by atoms with Crippen LogP contribution >= 0.6 is 11.8 Å². The van der Waals surface area contributed by atoms with Gasteiger partial charge in [-0.2, -0.15) is 0 Å². The molecule has 3 rings (SSSR count). The Labute approximate surface area is 143 Å². The van der Waals surface area contributed by atoms with E-state index < -0.39 is 0 Å². The Morgan fingerprint density at radius 3 is 2.33 bits per heavy atom. The van der Waals surface area contributed by atoms with Crippen LogP contribution in [0.4, 0.5) is 16.2 Å². The summed E-state index contributed by atoms with van der Waals surface area (Å²) in [5.41, 5.74) is 2.02. The van der Waals surface area contributed by atoms with Gasteiger partial charge in [-0.3, -0.25) is 14.4 Å². The number of anilines is 2. The van der Waals surface area contributed by atoms with Crippen LogP contribution in [0.2, 0.25) is 0 Å². The fourth-order valence-electron chi connectivity index (χ4n) is 2.28. The van der Waals surface area contributed by atoms with E-state index in [-0.39, 0.29) is 17.1 Å². The lowest BCUT2D eigenvalue weighted by Crippen LogP contribution is -2.27. The third-order valence-corrected chi connectivity index (χ3v) is 4.21. The molecule has 1 aliphatic heterocycles. The van der Waals surface area contributed by atoms with Gasteiger partial charge in [-0.15, -0.1) is 0 Å². The molecule has 2 aromatic carbocycles. The van der Waals surface area contributed by atoms with E-state index in [1.807, 2.05) is 6.07 Å². The number of thioether (sulfide) groups is 1. The third-order valence-electron chi connectivity index (χ3n) is 3.34. The Morgan fingerprint density at radius 2 is 1.71 bits per heavy atom. The zero-order chi connectivity index (χ0) is 17.1. The van der Waals surface area contributed by atoms with Crippen LogP contribution in [0.15, 0.2) is 59.5 Å². The summed E-state index contributed by atoms with van der Waals surface area (Å²) in [5.74, 6) is -0.478. The molecular formula is C18H14N2O3S. The highest BCUT2D eigenvalue weighted by Gasteiger charge is 2.36. The van der Waals surface area contributed by atoms with Gasteiger partial charge < -0.3 is 5.32 Å². The van der Waals surface area contributed by atoms with Crippen molar-refractivity contribution >= 4 is 46.3 Å². The number of imide groups is 1. The Kier molecular flexibility index (Phi) is 4.48. The first-order valence-corrected chi connectivity index (χ1v) is 8.07. The lowest BCUT2D eigenvalue weighted by molar-refractivity contribution is -0.114. The van der Waals surface area contributed by atoms with Crippen LogP contribution in [0.3, 0.4) is 0 Å². The molecule has 0 radical (unpaired) electrons. The number of hydrogen-bond acceptors (Lipinski definition) is 4. The lowest BCUT2D eigenvalue weighted by Gasteiger charge is -2.11. The molecule has 0 aliphatic carbocycles. The van der Waals surface area contributed by atoms with Gasteiger partial charge in [-0.25, -0.2) is 4.90 Å². The van der Waals surface area contributed by atoms with Gasteiger partial charge in [0.1, 0.15) is 0 Å². The number of nitrogens with one attached hydrogen (secondary N) is 1. The highest BCUT2D eigenvalue weighted by Crippen LogP contribution is 2.35. The molecule has 1 saturated heterocycles. The molecule has 0 bridgehead atoms. The van der Waals surface area contributed by atoms with Crippen LogP contribution in [0, 0.1) is 0 Å². The zero-order valence-corrected chi connectivity index (χ0v) is 13.7. The smallest absolute Gasteiger partial charge is 0.298 e. The summed E-state index contributed by atoms with van der Waals surface area (Å²) in [6, 6.07) is 15.9. The maximum Gasteiger partial charge on any atom is 0.298 e. The van der Waals surface area contributed by atoms with Crippen molar-refractivity contribution in [2.24, 2.45) is 0 Å². The molecule has 0 saturated carbocycles. The minimum absolute atomic E-state index is 0.147. The summed E-state index contributed by atoms with van der Waals surface area (Å²) in [4.78, 5) is 37.2. The normalized spacial score (nSPS) is 15.9. The standard InChI is InChI=1S/C18H14N2O3S/c1-12(21)19-14-9-7-13(8-10-14)11-16-17(22)20(18(23)24-16)15-5-3-2-4-6-15/h2-11H,1H3,(H,19,21)/b16-11+. The number of carbonyl (C=O) groups is 3. The average molecular weight is 338 g/mol. The molecule has 1 heterocycles. The Hall–Kier alpha value is -2.86. The Bertz CT molecular complexity index is 829. The van der Waals surface area contributed by atoms with Crippen molar-refractivity contribution in [3.8, 4) is 0 Å². The van der Waals surface area contributed by atoms with E-state index in [9.17, 15) is 14.4 Å². The number of para-hydroxylation sites is 1. The van der Waals surface area contributed by atoms with Gasteiger partial charge in [-0.05, 0) is 47.7 Å². The largest absolute Gasteiger partial charge is 0.326 e.